The van der Waals surface area contributed by atoms with E-state index in [0.29, 0.717) is 12.6 Å². The van der Waals surface area contributed by atoms with Crippen LogP contribution in [0.4, 0.5) is 5.95 Å². The maximum absolute atomic E-state index is 5.09. The number of ether oxygens (including phenoxy) is 1. The molecule has 1 heterocycles. The second kappa shape index (κ2) is 6.94. The molecule has 0 amide bonds. The van der Waals surface area contributed by atoms with Crippen molar-refractivity contribution in [2.45, 2.75) is 52.0 Å². The van der Waals surface area contributed by atoms with Gasteiger partial charge in [-0.25, -0.2) is 4.98 Å². The molecule has 0 saturated heterocycles. The molecule has 1 aliphatic carbocycles. The summed E-state index contributed by atoms with van der Waals surface area (Å²) in [5.74, 6) is 1.79. The van der Waals surface area contributed by atoms with Crippen molar-refractivity contribution in [2.75, 3.05) is 25.6 Å². The second-order valence-corrected chi connectivity index (χ2v) is 5.67. The highest BCUT2D eigenvalue weighted by Crippen LogP contribution is 2.34. The Bertz CT molecular complexity index is 383. The molecule has 1 aromatic rings. The maximum atomic E-state index is 5.09. The second-order valence-electron chi connectivity index (χ2n) is 5.67. The number of methoxy groups -OCH3 is 1. The van der Waals surface area contributed by atoms with Crippen molar-refractivity contribution < 1.29 is 4.74 Å². The van der Waals surface area contributed by atoms with E-state index in [1.807, 2.05) is 0 Å². The van der Waals surface area contributed by atoms with E-state index in [2.05, 4.69) is 34.9 Å². The van der Waals surface area contributed by atoms with Crippen LogP contribution < -0.4 is 5.32 Å². The molecule has 4 nitrogen and oxygen atoms in total. The molecule has 1 atom stereocenters. The van der Waals surface area contributed by atoms with E-state index in [0.717, 1.165) is 24.1 Å². The third kappa shape index (κ3) is 3.72. The van der Waals surface area contributed by atoms with Gasteiger partial charge in [-0.3, -0.25) is 0 Å². The number of hydrogen-bond acceptors (Lipinski definition) is 3. The number of hydrogen-bond donors (Lipinski definition) is 1. The summed E-state index contributed by atoms with van der Waals surface area (Å²) in [6.07, 6.45) is 9.07. The average molecular weight is 265 g/mol. The number of anilines is 1. The summed E-state index contributed by atoms with van der Waals surface area (Å²) < 4.78 is 7.41. The van der Waals surface area contributed by atoms with Crippen molar-refractivity contribution in [1.82, 2.24) is 9.55 Å². The van der Waals surface area contributed by atoms with E-state index in [-0.39, 0.29) is 0 Å². The summed E-state index contributed by atoms with van der Waals surface area (Å²) in [5.41, 5.74) is 1.09. The van der Waals surface area contributed by atoms with Crippen molar-refractivity contribution in [3.63, 3.8) is 0 Å². The molecule has 0 radical (unpaired) electrons. The Morgan fingerprint density at radius 2 is 2.16 bits per heavy atom. The molecule has 0 aliphatic heterocycles. The summed E-state index contributed by atoms with van der Waals surface area (Å²) in [6, 6.07) is 0.534. The molecule has 1 unspecified atom stereocenters. The zero-order chi connectivity index (χ0) is 13.7. The van der Waals surface area contributed by atoms with Gasteiger partial charge in [0.25, 0.3) is 0 Å². The van der Waals surface area contributed by atoms with Crippen molar-refractivity contribution in [3.05, 3.63) is 11.9 Å². The minimum absolute atomic E-state index is 0.534. The van der Waals surface area contributed by atoms with E-state index in [1.165, 1.54) is 32.1 Å². The Hall–Kier alpha value is -1.03. The van der Waals surface area contributed by atoms with Crippen LogP contribution in [-0.4, -0.2) is 29.8 Å². The first-order valence-electron chi connectivity index (χ1n) is 7.50. The Kier molecular flexibility index (Phi) is 5.25. The first kappa shape index (κ1) is 14.4. The third-order valence-corrected chi connectivity index (χ3v) is 4.21. The van der Waals surface area contributed by atoms with Gasteiger partial charge in [-0.05, 0) is 32.6 Å². The fourth-order valence-corrected chi connectivity index (χ4v) is 3.07. The minimum atomic E-state index is 0.534. The molecule has 1 aromatic heterocycles. The molecule has 0 aromatic carbocycles. The minimum Gasteiger partial charge on any atom is -0.383 e. The van der Waals surface area contributed by atoms with Gasteiger partial charge in [0, 0.05) is 25.9 Å². The van der Waals surface area contributed by atoms with Crippen LogP contribution >= 0.6 is 0 Å². The largest absolute Gasteiger partial charge is 0.383 e. The highest BCUT2D eigenvalue weighted by molar-refractivity contribution is 5.29. The fraction of sp³-hybridized carbons (Fsp3) is 0.800. The molecule has 1 aliphatic rings. The monoisotopic (exact) mass is 265 g/mol. The van der Waals surface area contributed by atoms with Crippen molar-refractivity contribution >= 4 is 5.95 Å². The molecule has 19 heavy (non-hydrogen) atoms. The van der Waals surface area contributed by atoms with E-state index < -0.39 is 0 Å². The summed E-state index contributed by atoms with van der Waals surface area (Å²) >= 11 is 0. The summed E-state index contributed by atoms with van der Waals surface area (Å²) in [6.45, 7) is 5.91. The van der Waals surface area contributed by atoms with Gasteiger partial charge < -0.3 is 14.6 Å². The van der Waals surface area contributed by atoms with Gasteiger partial charge in [-0.15, -0.1) is 0 Å². The lowest BCUT2D eigenvalue weighted by Crippen LogP contribution is -2.21. The number of nitrogens with one attached hydrogen (secondary N) is 1. The predicted molar refractivity (Wildman–Crippen MR) is 78.6 cm³/mol. The van der Waals surface area contributed by atoms with Crippen molar-refractivity contribution in [3.8, 4) is 0 Å². The summed E-state index contributed by atoms with van der Waals surface area (Å²) in [7, 11) is 1.73. The molecule has 2 rings (SSSR count). The van der Waals surface area contributed by atoms with E-state index in [4.69, 9.17) is 4.74 Å². The normalized spacial score (nSPS) is 18.5. The van der Waals surface area contributed by atoms with Crippen LogP contribution in [0, 0.1) is 12.8 Å². The van der Waals surface area contributed by atoms with Crippen LogP contribution in [0.1, 0.15) is 50.8 Å². The van der Waals surface area contributed by atoms with E-state index >= 15 is 0 Å². The zero-order valence-electron chi connectivity index (χ0n) is 12.5. The van der Waals surface area contributed by atoms with Crippen molar-refractivity contribution in [2.24, 2.45) is 5.92 Å². The Morgan fingerprint density at radius 1 is 1.42 bits per heavy atom. The number of aryl methyl sites for hydroxylation is 1. The molecule has 1 fully saturated rings. The molecular formula is C15H27N3O. The lowest BCUT2D eigenvalue weighted by molar-refractivity contribution is 0.210. The number of rotatable bonds is 6. The quantitative estimate of drug-likeness (QED) is 0.801. The molecular weight excluding hydrogens is 238 g/mol. The third-order valence-electron chi connectivity index (χ3n) is 4.21. The number of nitrogens with zero attached hydrogens (tertiary/aromatic N) is 2. The smallest absolute Gasteiger partial charge is 0.203 e. The predicted octanol–water partition coefficient (Wildman–Crippen LogP) is 3.39. The van der Waals surface area contributed by atoms with Gasteiger partial charge in [-0.2, -0.15) is 0 Å². The summed E-state index contributed by atoms with van der Waals surface area (Å²) in [4.78, 5) is 4.59. The molecule has 108 valence electrons. The van der Waals surface area contributed by atoms with Crippen LogP contribution in [-0.2, 0) is 4.74 Å². The van der Waals surface area contributed by atoms with Crippen LogP contribution in [0.25, 0.3) is 0 Å². The zero-order valence-corrected chi connectivity index (χ0v) is 12.5. The topological polar surface area (TPSA) is 39.1 Å². The van der Waals surface area contributed by atoms with Crippen LogP contribution in [0.5, 0.6) is 0 Å². The lowest BCUT2D eigenvalue weighted by atomic mass is 9.84. The highest BCUT2D eigenvalue weighted by Gasteiger charge is 2.23. The fourth-order valence-electron chi connectivity index (χ4n) is 3.07. The van der Waals surface area contributed by atoms with Crippen molar-refractivity contribution in [1.29, 1.82) is 0 Å². The number of imidazole rings is 1. The van der Waals surface area contributed by atoms with Gasteiger partial charge in [0.15, 0.2) is 0 Å². The van der Waals surface area contributed by atoms with Crippen LogP contribution in [0.15, 0.2) is 6.20 Å². The molecule has 1 saturated carbocycles. The first-order valence-corrected chi connectivity index (χ1v) is 7.50. The standard InChI is InChI=1S/C15H27N3O/c1-12-11-18(15(17-12)16-9-10-19-3)13(2)14-7-5-4-6-8-14/h11,13-14H,4-10H2,1-3H3,(H,16,17). The summed E-state index contributed by atoms with van der Waals surface area (Å²) in [5, 5.41) is 3.38. The maximum Gasteiger partial charge on any atom is 0.203 e. The highest BCUT2D eigenvalue weighted by atomic mass is 16.5. The molecule has 0 bridgehead atoms. The van der Waals surface area contributed by atoms with Gasteiger partial charge in [0.2, 0.25) is 5.95 Å². The van der Waals surface area contributed by atoms with E-state index in [9.17, 15) is 0 Å². The average Bonchev–Trinajstić information content (AvgIpc) is 2.80. The van der Waals surface area contributed by atoms with E-state index in [1.54, 1.807) is 7.11 Å². The van der Waals surface area contributed by atoms with Gasteiger partial charge >= 0.3 is 0 Å². The lowest BCUT2D eigenvalue weighted by Gasteiger charge is -2.29. The first-order chi connectivity index (χ1) is 9.22. The molecule has 1 N–H and O–H groups in total. The van der Waals surface area contributed by atoms with Gasteiger partial charge in [0.05, 0.1) is 12.3 Å². The van der Waals surface area contributed by atoms with Gasteiger partial charge in [-0.1, -0.05) is 19.3 Å². The number of aromatic nitrogens is 2. The van der Waals surface area contributed by atoms with Crippen LogP contribution in [0.2, 0.25) is 0 Å². The molecule has 4 heteroatoms. The molecule has 0 spiro atoms. The Balaban J connectivity index is 2.04. The van der Waals surface area contributed by atoms with Gasteiger partial charge in [0.1, 0.15) is 0 Å². The SMILES string of the molecule is COCCNc1nc(C)cn1C(C)C1CCCCC1. The Morgan fingerprint density at radius 3 is 2.84 bits per heavy atom. The Labute approximate surface area is 116 Å². The van der Waals surface area contributed by atoms with Crippen LogP contribution in [0.3, 0.4) is 0 Å².